The van der Waals surface area contributed by atoms with E-state index >= 15 is 0 Å². The van der Waals surface area contributed by atoms with Crippen LogP contribution in [0.15, 0.2) is 53.5 Å². The molecule has 0 spiro atoms. The van der Waals surface area contributed by atoms with Gasteiger partial charge < -0.3 is 25.6 Å². The maximum atomic E-state index is 10.8. The smallest absolute Gasteiger partial charge is 0.255 e. The maximum absolute atomic E-state index is 10.8. The summed E-state index contributed by atoms with van der Waals surface area (Å²) in [6.07, 6.45) is 0.856. The molecule has 0 radical (unpaired) electrons. The Morgan fingerprint density at radius 2 is 1.81 bits per heavy atom. The average molecular weight is 558 g/mol. The SMILES string of the molecule is CN=C(NCCc1ccc(OCC(N)=O)cc1)N1CCN(c2ccccc2Cl)CC1.I. The number of nitrogens with two attached hydrogens (primary N) is 1. The molecule has 7 nitrogen and oxygen atoms in total. The third-order valence-electron chi connectivity index (χ3n) is 4.99. The number of ether oxygens (including phenoxy) is 1. The fraction of sp³-hybridized carbons (Fsp3) is 0.364. The number of anilines is 1. The lowest BCUT2D eigenvalue weighted by molar-refractivity contribution is -0.119. The number of benzene rings is 2. The molecule has 0 aliphatic carbocycles. The van der Waals surface area contributed by atoms with Gasteiger partial charge in [-0.05, 0) is 36.2 Å². The van der Waals surface area contributed by atoms with Gasteiger partial charge in [-0.3, -0.25) is 9.79 Å². The van der Waals surface area contributed by atoms with E-state index in [1.807, 2.05) is 49.5 Å². The average Bonchev–Trinajstić information content (AvgIpc) is 2.77. The first-order valence-corrected chi connectivity index (χ1v) is 10.4. The molecular formula is C22H29ClIN5O2. The molecule has 0 saturated carbocycles. The lowest BCUT2D eigenvalue weighted by Crippen LogP contribution is -2.52. The highest BCUT2D eigenvalue weighted by Crippen LogP contribution is 2.26. The van der Waals surface area contributed by atoms with Crippen LogP contribution in [0, 0.1) is 0 Å². The van der Waals surface area contributed by atoms with Crippen molar-refractivity contribution in [1.82, 2.24) is 10.2 Å². The third kappa shape index (κ3) is 7.46. The Kier molecular flexibility index (Phi) is 10.2. The fourth-order valence-electron chi connectivity index (χ4n) is 3.43. The van der Waals surface area contributed by atoms with Crippen LogP contribution in [0.2, 0.25) is 5.02 Å². The van der Waals surface area contributed by atoms with Crippen LogP contribution in [0.5, 0.6) is 5.75 Å². The van der Waals surface area contributed by atoms with Crippen LogP contribution < -0.4 is 20.7 Å². The summed E-state index contributed by atoms with van der Waals surface area (Å²) in [6, 6.07) is 15.6. The number of nitrogens with one attached hydrogen (secondary N) is 1. The first-order valence-electron chi connectivity index (χ1n) is 10.0. The third-order valence-corrected chi connectivity index (χ3v) is 5.30. The van der Waals surface area contributed by atoms with Crippen LogP contribution >= 0.6 is 35.6 Å². The Hall–Kier alpha value is -2.20. The molecule has 0 unspecified atom stereocenters. The van der Waals surface area contributed by atoms with Crippen LogP contribution in [0.1, 0.15) is 5.56 Å². The lowest BCUT2D eigenvalue weighted by Gasteiger charge is -2.38. The fourth-order valence-corrected chi connectivity index (χ4v) is 3.68. The minimum atomic E-state index is -0.484. The molecule has 0 bridgehead atoms. The number of rotatable bonds is 7. The van der Waals surface area contributed by atoms with E-state index in [0.717, 1.165) is 55.8 Å². The first-order chi connectivity index (χ1) is 14.6. The van der Waals surface area contributed by atoms with Crippen LogP contribution in [0.3, 0.4) is 0 Å². The number of para-hydroxylation sites is 1. The number of primary amides is 1. The topological polar surface area (TPSA) is 83.2 Å². The van der Waals surface area contributed by atoms with Crippen molar-refractivity contribution in [2.45, 2.75) is 6.42 Å². The Bertz CT molecular complexity index is 870. The van der Waals surface area contributed by atoms with Crippen LogP contribution in [0.4, 0.5) is 5.69 Å². The minimum absolute atomic E-state index is 0. The van der Waals surface area contributed by atoms with E-state index in [-0.39, 0.29) is 30.6 Å². The second-order valence-corrected chi connectivity index (χ2v) is 7.46. The van der Waals surface area contributed by atoms with Crippen LogP contribution in [-0.2, 0) is 11.2 Å². The molecule has 3 N–H and O–H groups in total. The van der Waals surface area contributed by atoms with Crippen LogP contribution in [0.25, 0.3) is 0 Å². The molecule has 9 heteroatoms. The number of nitrogens with zero attached hydrogens (tertiary/aromatic N) is 3. The number of halogens is 2. The number of amides is 1. The predicted octanol–water partition coefficient (Wildman–Crippen LogP) is 2.76. The summed E-state index contributed by atoms with van der Waals surface area (Å²) in [5.41, 5.74) is 7.35. The Morgan fingerprint density at radius 3 is 2.42 bits per heavy atom. The van der Waals surface area contributed by atoms with Gasteiger partial charge in [0.2, 0.25) is 0 Å². The number of hydrogen-bond donors (Lipinski definition) is 2. The van der Waals surface area contributed by atoms with Gasteiger partial charge in [-0.2, -0.15) is 0 Å². The van der Waals surface area contributed by atoms with Gasteiger partial charge in [0.1, 0.15) is 5.75 Å². The van der Waals surface area contributed by atoms with Crippen molar-refractivity contribution in [1.29, 1.82) is 0 Å². The van der Waals surface area contributed by atoms with Crippen molar-refractivity contribution < 1.29 is 9.53 Å². The maximum Gasteiger partial charge on any atom is 0.255 e. The number of guanidine groups is 1. The molecule has 168 valence electrons. The molecule has 1 amide bonds. The summed E-state index contributed by atoms with van der Waals surface area (Å²) < 4.78 is 5.28. The Labute approximate surface area is 205 Å². The van der Waals surface area contributed by atoms with E-state index < -0.39 is 5.91 Å². The van der Waals surface area contributed by atoms with E-state index in [1.165, 1.54) is 5.56 Å². The molecule has 0 aromatic heterocycles. The molecule has 1 aliphatic heterocycles. The predicted molar refractivity (Wildman–Crippen MR) is 137 cm³/mol. The minimum Gasteiger partial charge on any atom is -0.484 e. The van der Waals surface area contributed by atoms with Crippen molar-refractivity contribution in [2.24, 2.45) is 10.7 Å². The summed E-state index contributed by atoms with van der Waals surface area (Å²) in [6.45, 7) is 4.24. The zero-order valence-corrected chi connectivity index (χ0v) is 20.7. The Balaban J connectivity index is 0.00000341. The number of carbonyl (C=O) groups is 1. The van der Waals surface area contributed by atoms with E-state index in [4.69, 9.17) is 22.1 Å². The van der Waals surface area contributed by atoms with Gasteiger partial charge in [-0.15, -0.1) is 24.0 Å². The molecule has 1 aliphatic rings. The van der Waals surface area contributed by atoms with Gasteiger partial charge >= 0.3 is 0 Å². The quantitative estimate of drug-likeness (QED) is 0.311. The van der Waals surface area contributed by atoms with E-state index in [0.29, 0.717) is 5.75 Å². The van der Waals surface area contributed by atoms with Crippen LogP contribution in [-0.4, -0.2) is 63.1 Å². The van der Waals surface area contributed by atoms with Gasteiger partial charge in [0.15, 0.2) is 12.6 Å². The number of piperazine rings is 1. The standard InChI is InChI=1S/C22H28ClN5O2.HI/c1-25-22(26-11-10-17-6-8-18(9-7-17)30-16-21(24)29)28-14-12-27(13-15-28)20-5-3-2-4-19(20)23;/h2-9H,10-16H2,1H3,(H2,24,29)(H,25,26);1H. The molecule has 1 fully saturated rings. The summed E-state index contributed by atoms with van der Waals surface area (Å²) in [5.74, 6) is 1.07. The van der Waals surface area contributed by atoms with Gasteiger partial charge in [0.25, 0.3) is 5.91 Å². The van der Waals surface area contributed by atoms with Gasteiger partial charge in [-0.25, -0.2) is 0 Å². The van der Waals surface area contributed by atoms with Crippen molar-refractivity contribution in [3.63, 3.8) is 0 Å². The molecular weight excluding hydrogens is 529 g/mol. The van der Waals surface area contributed by atoms with Crippen molar-refractivity contribution in [3.05, 3.63) is 59.1 Å². The number of hydrogen-bond acceptors (Lipinski definition) is 4. The van der Waals surface area contributed by atoms with E-state index in [9.17, 15) is 4.79 Å². The second-order valence-electron chi connectivity index (χ2n) is 7.05. The number of carbonyl (C=O) groups excluding carboxylic acids is 1. The zero-order valence-electron chi connectivity index (χ0n) is 17.6. The molecule has 1 heterocycles. The summed E-state index contributed by atoms with van der Waals surface area (Å²) in [4.78, 5) is 19.8. The van der Waals surface area contributed by atoms with E-state index in [2.05, 4.69) is 26.2 Å². The normalized spacial score (nSPS) is 14.1. The van der Waals surface area contributed by atoms with Crippen molar-refractivity contribution >= 4 is 53.1 Å². The van der Waals surface area contributed by atoms with Gasteiger partial charge in [0, 0.05) is 39.8 Å². The number of aliphatic imine (C=N–C) groups is 1. The zero-order chi connectivity index (χ0) is 21.3. The summed E-state index contributed by atoms with van der Waals surface area (Å²) >= 11 is 6.33. The molecule has 2 aromatic carbocycles. The van der Waals surface area contributed by atoms with Crippen molar-refractivity contribution in [2.75, 3.05) is 51.3 Å². The highest BCUT2D eigenvalue weighted by atomic mass is 127. The Morgan fingerprint density at radius 1 is 1.13 bits per heavy atom. The second kappa shape index (κ2) is 12.6. The first kappa shape index (κ1) is 25.1. The van der Waals surface area contributed by atoms with E-state index in [1.54, 1.807) is 0 Å². The van der Waals surface area contributed by atoms with Crippen molar-refractivity contribution in [3.8, 4) is 5.75 Å². The lowest BCUT2D eigenvalue weighted by atomic mass is 10.1. The largest absolute Gasteiger partial charge is 0.484 e. The molecule has 2 aromatic rings. The van der Waals surface area contributed by atoms with Gasteiger partial charge in [0.05, 0.1) is 10.7 Å². The molecule has 31 heavy (non-hydrogen) atoms. The summed E-state index contributed by atoms with van der Waals surface area (Å²) in [5, 5.41) is 4.24. The summed E-state index contributed by atoms with van der Waals surface area (Å²) in [7, 11) is 1.81. The molecule has 1 saturated heterocycles. The highest BCUT2D eigenvalue weighted by molar-refractivity contribution is 14.0. The highest BCUT2D eigenvalue weighted by Gasteiger charge is 2.20. The molecule has 0 atom stereocenters. The van der Waals surface area contributed by atoms with Gasteiger partial charge in [-0.1, -0.05) is 35.9 Å². The monoisotopic (exact) mass is 557 g/mol. The molecule has 3 rings (SSSR count).